The lowest BCUT2D eigenvalue weighted by Gasteiger charge is -2.39. The summed E-state index contributed by atoms with van der Waals surface area (Å²) >= 11 is 0. The Kier molecular flexibility index (Phi) is 3.47. The van der Waals surface area contributed by atoms with Crippen molar-refractivity contribution in [2.75, 3.05) is 5.32 Å². The van der Waals surface area contributed by atoms with Gasteiger partial charge >= 0.3 is 0 Å². The smallest absolute Gasteiger partial charge is 0.181 e. The average molecular weight is 270 g/mol. The molecule has 0 atom stereocenters. The minimum absolute atomic E-state index is 0.617. The zero-order valence-electron chi connectivity index (χ0n) is 12.4. The highest BCUT2D eigenvalue weighted by Gasteiger charge is 2.30. The zero-order valence-corrected chi connectivity index (χ0v) is 12.4. The number of aromatic nitrogens is 3. The molecule has 0 unspecified atom stereocenters. The van der Waals surface area contributed by atoms with E-state index in [1.165, 1.54) is 12.8 Å². The quantitative estimate of drug-likeness (QED) is 0.892. The van der Waals surface area contributed by atoms with Crippen LogP contribution in [0.15, 0.2) is 24.3 Å². The van der Waals surface area contributed by atoms with Gasteiger partial charge in [0.2, 0.25) is 0 Å². The Morgan fingerprint density at radius 3 is 2.75 bits per heavy atom. The lowest BCUT2D eigenvalue weighted by molar-refractivity contribution is 0.212. The van der Waals surface area contributed by atoms with Crippen molar-refractivity contribution >= 4 is 5.69 Å². The van der Waals surface area contributed by atoms with E-state index in [2.05, 4.69) is 52.5 Å². The highest BCUT2D eigenvalue weighted by atomic mass is 15.2. The summed E-state index contributed by atoms with van der Waals surface area (Å²) in [6.45, 7) is 6.54. The molecule has 1 aliphatic rings. The van der Waals surface area contributed by atoms with Gasteiger partial charge < -0.3 is 5.32 Å². The van der Waals surface area contributed by atoms with E-state index in [-0.39, 0.29) is 0 Å². The van der Waals surface area contributed by atoms with E-state index in [0.29, 0.717) is 6.04 Å². The van der Waals surface area contributed by atoms with Crippen molar-refractivity contribution < 1.29 is 0 Å². The molecule has 1 fully saturated rings. The molecule has 0 amide bonds. The van der Waals surface area contributed by atoms with Gasteiger partial charge in [-0.05, 0) is 43.7 Å². The first-order valence-corrected chi connectivity index (χ1v) is 7.38. The minimum Gasteiger partial charge on any atom is -0.382 e. The molecule has 2 aromatic rings. The number of nitrogens with zero attached hydrogens (tertiary/aromatic N) is 2. The van der Waals surface area contributed by atoms with Crippen molar-refractivity contribution in [1.29, 1.82) is 0 Å². The summed E-state index contributed by atoms with van der Waals surface area (Å²) in [6.07, 6.45) is 2.56. The Labute approximate surface area is 120 Å². The van der Waals surface area contributed by atoms with E-state index in [1.54, 1.807) is 0 Å². The van der Waals surface area contributed by atoms with Gasteiger partial charge in [0.15, 0.2) is 5.82 Å². The Hall–Kier alpha value is -1.84. The van der Waals surface area contributed by atoms with Crippen LogP contribution in [-0.2, 0) is 0 Å². The van der Waals surface area contributed by atoms with E-state index in [1.807, 2.05) is 13.0 Å². The fourth-order valence-corrected chi connectivity index (χ4v) is 2.78. The van der Waals surface area contributed by atoms with Crippen LogP contribution in [0.25, 0.3) is 11.4 Å². The van der Waals surface area contributed by atoms with Crippen molar-refractivity contribution in [3.8, 4) is 11.4 Å². The molecule has 1 aliphatic carbocycles. The number of hydrogen-bond donors (Lipinski definition) is 2. The van der Waals surface area contributed by atoms with Crippen LogP contribution in [0.4, 0.5) is 5.69 Å². The number of anilines is 1. The fraction of sp³-hybridized carbons (Fsp3) is 0.500. The molecule has 0 aliphatic heterocycles. The van der Waals surface area contributed by atoms with Crippen molar-refractivity contribution in [1.82, 2.24) is 15.2 Å². The van der Waals surface area contributed by atoms with E-state index < -0.39 is 0 Å². The molecule has 3 rings (SSSR count). The SMILES string of the molecule is Cc1nc(-c2cccc(NC3CC(C(C)C)C3)c2)n[nH]1. The van der Waals surface area contributed by atoms with Crippen LogP contribution >= 0.6 is 0 Å². The first kappa shape index (κ1) is 13.2. The maximum Gasteiger partial charge on any atom is 0.181 e. The highest BCUT2D eigenvalue weighted by Crippen LogP contribution is 2.35. The summed E-state index contributed by atoms with van der Waals surface area (Å²) in [5.41, 5.74) is 2.22. The van der Waals surface area contributed by atoms with Crippen LogP contribution in [0.2, 0.25) is 0 Å². The third-order valence-electron chi connectivity index (χ3n) is 4.21. The largest absolute Gasteiger partial charge is 0.382 e. The molecule has 1 heterocycles. The second kappa shape index (κ2) is 5.27. The molecule has 0 saturated heterocycles. The summed E-state index contributed by atoms with van der Waals surface area (Å²) < 4.78 is 0. The van der Waals surface area contributed by atoms with Crippen LogP contribution in [-0.4, -0.2) is 21.2 Å². The first-order chi connectivity index (χ1) is 9.61. The topological polar surface area (TPSA) is 53.6 Å². The van der Waals surface area contributed by atoms with Gasteiger partial charge in [-0.25, -0.2) is 4.98 Å². The monoisotopic (exact) mass is 270 g/mol. The minimum atomic E-state index is 0.617. The third kappa shape index (κ3) is 2.69. The summed E-state index contributed by atoms with van der Waals surface area (Å²) in [6, 6.07) is 8.97. The first-order valence-electron chi connectivity index (χ1n) is 7.38. The maximum absolute atomic E-state index is 4.38. The Morgan fingerprint density at radius 2 is 2.10 bits per heavy atom. The van der Waals surface area contributed by atoms with Crippen LogP contribution in [0, 0.1) is 18.8 Å². The van der Waals surface area contributed by atoms with Crippen molar-refractivity contribution in [2.24, 2.45) is 11.8 Å². The summed E-state index contributed by atoms with van der Waals surface area (Å²) in [5, 5.41) is 10.7. The van der Waals surface area contributed by atoms with E-state index in [4.69, 9.17) is 0 Å². The molecule has 1 saturated carbocycles. The Bertz CT molecular complexity index is 582. The molecule has 20 heavy (non-hydrogen) atoms. The van der Waals surface area contributed by atoms with Gasteiger partial charge in [-0.3, -0.25) is 5.10 Å². The lowest BCUT2D eigenvalue weighted by atomic mass is 9.73. The predicted octanol–water partition coefficient (Wildman–Crippen LogP) is 3.63. The second-order valence-electron chi connectivity index (χ2n) is 6.14. The zero-order chi connectivity index (χ0) is 14.1. The number of hydrogen-bond acceptors (Lipinski definition) is 3. The lowest BCUT2D eigenvalue weighted by Crippen LogP contribution is -2.37. The molecule has 1 aromatic heterocycles. The molecule has 106 valence electrons. The number of H-pyrrole nitrogens is 1. The van der Waals surface area contributed by atoms with Crippen LogP contribution in [0.5, 0.6) is 0 Å². The molecule has 4 heteroatoms. The standard InChI is InChI=1S/C16H22N4/c1-10(2)13-8-15(9-13)18-14-6-4-5-12(7-14)16-17-11(3)19-20-16/h4-7,10,13,15,18H,8-9H2,1-3H3,(H,17,19,20). The van der Waals surface area contributed by atoms with Gasteiger partial charge in [-0.2, -0.15) is 5.10 Å². The van der Waals surface area contributed by atoms with E-state index in [9.17, 15) is 0 Å². The van der Waals surface area contributed by atoms with Gasteiger partial charge in [-0.15, -0.1) is 0 Å². The molecular weight excluding hydrogens is 248 g/mol. The average Bonchev–Trinajstić information content (AvgIpc) is 2.80. The number of aryl methyl sites for hydroxylation is 1. The fourth-order valence-electron chi connectivity index (χ4n) is 2.78. The maximum atomic E-state index is 4.38. The highest BCUT2D eigenvalue weighted by molar-refractivity contribution is 5.62. The molecule has 0 radical (unpaired) electrons. The second-order valence-corrected chi connectivity index (χ2v) is 6.14. The van der Waals surface area contributed by atoms with Gasteiger partial charge in [-0.1, -0.05) is 26.0 Å². The van der Waals surface area contributed by atoms with Gasteiger partial charge in [0.25, 0.3) is 0 Å². The number of aromatic amines is 1. The molecular formula is C16H22N4. The van der Waals surface area contributed by atoms with Gasteiger partial charge in [0, 0.05) is 17.3 Å². The molecule has 0 spiro atoms. The number of nitrogens with one attached hydrogen (secondary N) is 2. The van der Waals surface area contributed by atoms with Crippen LogP contribution in [0.1, 0.15) is 32.5 Å². The van der Waals surface area contributed by atoms with Crippen LogP contribution < -0.4 is 5.32 Å². The van der Waals surface area contributed by atoms with Crippen molar-refractivity contribution in [2.45, 2.75) is 39.7 Å². The number of rotatable bonds is 4. The normalized spacial score (nSPS) is 21.8. The number of benzene rings is 1. The molecule has 0 bridgehead atoms. The summed E-state index contributed by atoms with van der Waals surface area (Å²) in [7, 11) is 0. The van der Waals surface area contributed by atoms with E-state index in [0.717, 1.165) is 34.7 Å². The molecule has 4 nitrogen and oxygen atoms in total. The van der Waals surface area contributed by atoms with Crippen molar-refractivity contribution in [3.05, 3.63) is 30.1 Å². The van der Waals surface area contributed by atoms with E-state index >= 15 is 0 Å². The Morgan fingerprint density at radius 1 is 1.30 bits per heavy atom. The van der Waals surface area contributed by atoms with Gasteiger partial charge in [0.1, 0.15) is 5.82 Å². The summed E-state index contributed by atoms with van der Waals surface area (Å²) in [5.74, 6) is 3.29. The molecule has 1 aromatic carbocycles. The molecule has 2 N–H and O–H groups in total. The summed E-state index contributed by atoms with van der Waals surface area (Å²) in [4.78, 5) is 4.38. The predicted molar refractivity (Wildman–Crippen MR) is 81.5 cm³/mol. The van der Waals surface area contributed by atoms with Gasteiger partial charge in [0.05, 0.1) is 0 Å². The Balaban J connectivity index is 1.67. The van der Waals surface area contributed by atoms with Crippen LogP contribution in [0.3, 0.4) is 0 Å². The van der Waals surface area contributed by atoms with Crippen molar-refractivity contribution in [3.63, 3.8) is 0 Å². The third-order valence-corrected chi connectivity index (χ3v) is 4.21.